The number of aromatic nitrogens is 3. The highest BCUT2D eigenvalue weighted by molar-refractivity contribution is 6.31. The number of aryl methyl sites for hydroxylation is 1. The van der Waals surface area contributed by atoms with Gasteiger partial charge in [0.25, 0.3) is 0 Å². The van der Waals surface area contributed by atoms with Crippen molar-refractivity contribution in [3.63, 3.8) is 0 Å². The van der Waals surface area contributed by atoms with Crippen molar-refractivity contribution < 1.29 is 4.74 Å². The average molecular weight is 342 g/mol. The number of hydrogen-bond acceptors (Lipinski definition) is 3. The molecule has 4 rings (SSSR count). The number of hydrogen-bond donors (Lipinski definition) is 0. The third-order valence-corrected chi connectivity index (χ3v) is 5.05. The Morgan fingerprint density at radius 1 is 1.12 bits per heavy atom. The van der Waals surface area contributed by atoms with E-state index in [1.165, 1.54) is 19.3 Å². The topological polar surface area (TPSA) is 39.4 Å². The van der Waals surface area contributed by atoms with Gasteiger partial charge in [0.2, 0.25) is 5.88 Å². The molecule has 1 aliphatic rings. The summed E-state index contributed by atoms with van der Waals surface area (Å²) in [6, 6.07) is 9.87. The van der Waals surface area contributed by atoms with Gasteiger partial charge in [-0.1, -0.05) is 30.2 Å². The summed E-state index contributed by atoms with van der Waals surface area (Å²) < 4.78 is 7.91. The molecule has 0 saturated heterocycles. The number of rotatable bonds is 3. The van der Waals surface area contributed by atoms with E-state index in [0.717, 1.165) is 40.3 Å². The summed E-state index contributed by atoms with van der Waals surface area (Å²) in [5.74, 6) is 0.659. The van der Waals surface area contributed by atoms with Crippen molar-refractivity contribution in [2.75, 3.05) is 0 Å². The summed E-state index contributed by atoms with van der Waals surface area (Å²) in [5, 5.41) is 5.39. The summed E-state index contributed by atoms with van der Waals surface area (Å²) in [7, 11) is 0. The second-order valence-electron chi connectivity index (χ2n) is 6.43. The molecule has 2 aromatic heterocycles. The Morgan fingerprint density at radius 2 is 1.96 bits per heavy atom. The molecular formula is C19H20ClN3O. The first-order valence-corrected chi connectivity index (χ1v) is 8.86. The molecule has 1 saturated carbocycles. The fraction of sp³-hybridized carbons (Fsp3) is 0.368. The number of imidazole rings is 1. The highest BCUT2D eigenvalue weighted by Crippen LogP contribution is 2.27. The van der Waals surface area contributed by atoms with E-state index in [1.54, 1.807) is 0 Å². The molecule has 124 valence electrons. The fourth-order valence-corrected chi connectivity index (χ4v) is 3.40. The Hall–Kier alpha value is -2.07. The first-order valence-electron chi connectivity index (χ1n) is 8.49. The zero-order chi connectivity index (χ0) is 16.5. The van der Waals surface area contributed by atoms with E-state index in [0.29, 0.717) is 5.88 Å². The van der Waals surface area contributed by atoms with Gasteiger partial charge in [0.15, 0.2) is 5.65 Å². The van der Waals surface area contributed by atoms with Crippen LogP contribution in [0, 0.1) is 6.92 Å². The monoisotopic (exact) mass is 341 g/mol. The average Bonchev–Trinajstić information content (AvgIpc) is 3.01. The lowest BCUT2D eigenvalue weighted by Crippen LogP contribution is -2.20. The van der Waals surface area contributed by atoms with Gasteiger partial charge in [-0.2, -0.15) is 0 Å². The van der Waals surface area contributed by atoms with Crippen LogP contribution in [0.25, 0.3) is 16.9 Å². The minimum absolute atomic E-state index is 0.282. The molecule has 0 aliphatic heterocycles. The zero-order valence-corrected chi connectivity index (χ0v) is 14.5. The maximum absolute atomic E-state index is 6.27. The molecule has 0 unspecified atom stereocenters. The van der Waals surface area contributed by atoms with Crippen LogP contribution < -0.4 is 4.74 Å². The maximum Gasteiger partial charge on any atom is 0.232 e. The van der Waals surface area contributed by atoms with Crippen molar-refractivity contribution in [3.8, 4) is 17.1 Å². The molecule has 5 heteroatoms. The molecule has 1 fully saturated rings. The lowest BCUT2D eigenvalue weighted by atomic mass is 9.98. The number of halogens is 1. The van der Waals surface area contributed by atoms with Crippen LogP contribution in [0.1, 0.15) is 37.7 Å². The van der Waals surface area contributed by atoms with Crippen molar-refractivity contribution in [2.24, 2.45) is 0 Å². The Kier molecular flexibility index (Phi) is 4.15. The Morgan fingerprint density at radius 3 is 2.75 bits per heavy atom. The maximum atomic E-state index is 6.27. The molecule has 3 aromatic rings. The van der Waals surface area contributed by atoms with Crippen LogP contribution in [0.15, 0.2) is 36.5 Å². The second-order valence-corrected chi connectivity index (χ2v) is 6.83. The number of fused-ring (bicyclic) bond motifs is 1. The highest BCUT2D eigenvalue weighted by atomic mass is 35.5. The van der Waals surface area contributed by atoms with Crippen LogP contribution in [-0.4, -0.2) is 20.7 Å². The minimum atomic E-state index is 0.282. The Bertz CT molecular complexity index is 868. The smallest absolute Gasteiger partial charge is 0.232 e. The van der Waals surface area contributed by atoms with Gasteiger partial charge in [0.1, 0.15) is 6.10 Å². The molecule has 0 spiro atoms. The van der Waals surface area contributed by atoms with E-state index in [-0.39, 0.29) is 6.10 Å². The molecule has 0 N–H and O–H groups in total. The largest absolute Gasteiger partial charge is 0.473 e. The zero-order valence-electron chi connectivity index (χ0n) is 13.7. The molecule has 0 atom stereocenters. The van der Waals surface area contributed by atoms with Crippen LogP contribution in [0.3, 0.4) is 0 Å². The lowest BCUT2D eigenvalue weighted by molar-refractivity contribution is 0.147. The molecule has 1 aromatic carbocycles. The quantitative estimate of drug-likeness (QED) is 0.667. The standard InChI is InChI=1S/C19H20ClN3O/c1-13-7-8-14(11-16(13)20)17-12-21-18-9-10-19(22-23(17)18)24-15-5-3-2-4-6-15/h7-12,15H,2-6H2,1H3. The molecule has 24 heavy (non-hydrogen) atoms. The van der Waals surface area contributed by atoms with Crippen molar-refractivity contribution in [3.05, 3.63) is 47.1 Å². The lowest BCUT2D eigenvalue weighted by Gasteiger charge is -2.22. The van der Waals surface area contributed by atoms with Crippen molar-refractivity contribution >= 4 is 17.2 Å². The van der Waals surface area contributed by atoms with Crippen LogP contribution in [0.5, 0.6) is 5.88 Å². The Balaban J connectivity index is 1.68. The van der Waals surface area contributed by atoms with Gasteiger partial charge < -0.3 is 4.74 Å². The third-order valence-electron chi connectivity index (χ3n) is 4.65. The summed E-state index contributed by atoms with van der Waals surface area (Å²) in [6.07, 6.45) is 8.13. The molecule has 0 radical (unpaired) electrons. The first-order chi connectivity index (χ1) is 11.7. The molecule has 2 heterocycles. The van der Waals surface area contributed by atoms with Crippen molar-refractivity contribution in [1.29, 1.82) is 0 Å². The first kappa shape index (κ1) is 15.5. The van der Waals surface area contributed by atoms with Gasteiger partial charge in [0.05, 0.1) is 11.9 Å². The predicted octanol–water partition coefficient (Wildman–Crippen LogP) is 5.07. The summed E-state index contributed by atoms with van der Waals surface area (Å²) in [4.78, 5) is 4.44. The van der Waals surface area contributed by atoms with Gasteiger partial charge in [-0.3, -0.25) is 0 Å². The van der Waals surface area contributed by atoms with Crippen LogP contribution in [-0.2, 0) is 0 Å². The molecule has 4 nitrogen and oxygen atoms in total. The molecule has 1 aliphatic carbocycles. The molecule has 0 amide bonds. The SMILES string of the molecule is Cc1ccc(-c2cnc3ccc(OC4CCCCC4)nn23)cc1Cl. The second kappa shape index (κ2) is 6.44. The van der Waals surface area contributed by atoms with E-state index in [1.807, 2.05) is 48.0 Å². The number of benzene rings is 1. The van der Waals surface area contributed by atoms with Gasteiger partial charge >= 0.3 is 0 Å². The molecular weight excluding hydrogens is 322 g/mol. The van der Waals surface area contributed by atoms with Crippen LogP contribution >= 0.6 is 11.6 Å². The van der Waals surface area contributed by atoms with Gasteiger partial charge in [-0.05, 0) is 50.3 Å². The minimum Gasteiger partial charge on any atom is -0.473 e. The van der Waals surface area contributed by atoms with E-state index in [2.05, 4.69) is 10.1 Å². The fourth-order valence-electron chi connectivity index (χ4n) is 3.22. The highest BCUT2D eigenvalue weighted by Gasteiger charge is 2.16. The number of ether oxygens (including phenoxy) is 1. The van der Waals surface area contributed by atoms with Crippen molar-refractivity contribution in [2.45, 2.75) is 45.1 Å². The van der Waals surface area contributed by atoms with Crippen molar-refractivity contribution in [1.82, 2.24) is 14.6 Å². The normalized spacial score (nSPS) is 15.8. The van der Waals surface area contributed by atoms with E-state index in [4.69, 9.17) is 16.3 Å². The predicted molar refractivity (Wildman–Crippen MR) is 95.7 cm³/mol. The van der Waals surface area contributed by atoms with Gasteiger partial charge in [0, 0.05) is 16.7 Å². The molecule has 0 bridgehead atoms. The summed E-state index contributed by atoms with van der Waals surface area (Å²) in [5.41, 5.74) is 3.78. The third kappa shape index (κ3) is 2.98. The van der Waals surface area contributed by atoms with Gasteiger partial charge in [-0.25, -0.2) is 9.50 Å². The Labute approximate surface area is 146 Å². The van der Waals surface area contributed by atoms with E-state index >= 15 is 0 Å². The van der Waals surface area contributed by atoms with Crippen LogP contribution in [0.2, 0.25) is 5.02 Å². The summed E-state index contributed by atoms with van der Waals surface area (Å²) in [6.45, 7) is 2.00. The summed E-state index contributed by atoms with van der Waals surface area (Å²) >= 11 is 6.27. The van der Waals surface area contributed by atoms with E-state index < -0.39 is 0 Å². The van der Waals surface area contributed by atoms with Crippen LogP contribution in [0.4, 0.5) is 0 Å². The number of nitrogens with zero attached hydrogens (tertiary/aromatic N) is 3. The van der Waals surface area contributed by atoms with Gasteiger partial charge in [-0.15, -0.1) is 5.10 Å². The van der Waals surface area contributed by atoms with E-state index in [9.17, 15) is 0 Å².